The van der Waals surface area contributed by atoms with Crippen molar-refractivity contribution in [1.82, 2.24) is 4.90 Å². The van der Waals surface area contributed by atoms with Crippen molar-refractivity contribution in [3.05, 3.63) is 11.3 Å². The number of aliphatic hydroxyl groups is 1. The summed E-state index contributed by atoms with van der Waals surface area (Å²) in [7, 11) is 1.59. The van der Waals surface area contributed by atoms with Gasteiger partial charge in [0.05, 0.1) is 6.54 Å². The first kappa shape index (κ1) is 23.7. The van der Waals surface area contributed by atoms with Crippen molar-refractivity contribution in [3.8, 4) is 0 Å². The Balaban J connectivity index is 1.99. The van der Waals surface area contributed by atoms with Crippen LogP contribution in [0.15, 0.2) is 11.3 Å². The number of nitrogens with zero attached hydrogens (tertiary/aromatic N) is 1. The van der Waals surface area contributed by atoms with Crippen molar-refractivity contribution in [3.63, 3.8) is 0 Å². The van der Waals surface area contributed by atoms with Crippen LogP contribution in [0.3, 0.4) is 0 Å². The number of aliphatic hydroxyl groups excluding tert-OH is 1. The van der Waals surface area contributed by atoms with E-state index in [4.69, 9.17) is 0 Å². The van der Waals surface area contributed by atoms with Crippen molar-refractivity contribution in [2.75, 3.05) is 13.6 Å². The number of likely N-dealkylation sites (tertiary alicyclic amines) is 1. The largest absolute Gasteiger partial charge is 0.511 e. The molecular formula is C23H41NO3. The summed E-state index contributed by atoms with van der Waals surface area (Å²) in [5.74, 6) is 1.09. The van der Waals surface area contributed by atoms with Gasteiger partial charge in [-0.15, -0.1) is 0 Å². The number of hydrogen-bond acceptors (Lipinski definition) is 3. The summed E-state index contributed by atoms with van der Waals surface area (Å²) in [5, 5.41) is 10.0. The third-order valence-electron chi connectivity index (χ3n) is 5.61. The first-order valence-electron chi connectivity index (χ1n) is 11.0. The number of Topliss-reactive ketones (excluding diaryl/α,β-unsaturated/α-hetero) is 1. The number of ketones is 1. The summed E-state index contributed by atoms with van der Waals surface area (Å²) in [6, 6.07) is 0. The first-order valence-corrected chi connectivity index (χ1v) is 11.0. The van der Waals surface area contributed by atoms with Gasteiger partial charge in [0, 0.05) is 13.5 Å². The zero-order valence-corrected chi connectivity index (χ0v) is 18.1. The molecule has 0 aliphatic carbocycles. The van der Waals surface area contributed by atoms with Gasteiger partial charge in [-0.3, -0.25) is 9.59 Å². The van der Waals surface area contributed by atoms with Crippen LogP contribution in [-0.4, -0.2) is 35.3 Å². The Kier molecular flexibility index (Phi) is 11.4. The molecule has 0 aromatic carbocycles. The Hall–Kier alpha value is -1.32. The SMILES string of the molecule is CC(C)CCC(C)CCCCCCCCCCC(O)=C1C(=O)CN(C)C1=O. The van der Waals surface area contributed by atoms with Crippen LogP contribution < -0.4 is 0 Å². The van der Waals surface area contributed by atoms with Gasteiger partial charge in [-0.05, 0) is 18.3 Å². The number of amides is 1. The topological polar surface area (TPSA) is 57.6 Å². The van der Waals surface area contributed by atoms with E-state index in [9.17, 15) is 14.7 Å². The summed E-state index contributed by atoms with van der Waals surface area (Å²) in [4.78, 5) is 24.9. The van der Waals surface area contributed by atoms with E-state index in [1.165, 1.54) is 56.3 Å². The maximum Gasteiger partial charge on any atom is 0.261 e. The molecule has 1 unspecified atom stereocenters. The third kappa shape index (κ3) is 9.44. The fourth-order valence-corrected chi connectivity index (χ4v) is 3.69. The molecule has 0 aromatic heterocycles. The molecule has 1 atom stereocenters. The summed E-state index contributed by atoms with van der Waals surface area (Å²) >= 11 is 0. The molecule has 1 aliphatic heterocycles. The van der Waals surface area contributed by atoms with Crippen LogP contribution in [0.4, 0.5) is 0 Å². The number of hydrogen-bond donors (Lipinski definition) is 1. The monoisotopic (exact) mass is 379 g/mol. The van der Waals surface area contributed by atoms with Crippen LogP contribution in [0.5, 0.6) is 0 Å². The number of allylic oxidation sites excluding steroid dienone is 1. The average molecular weight is 380 g/mol. The molecule has 1 fully saturated rings. The molecule has 4 heteroatoms. The highest BCUT2D eigenvalue weighted by atomic mass is 16.3. The van der Waals surface area contributed by atoms with Crippen LogP contribution in [0.2, 0.25) is 0 Å². The molecule has 0 radical (unpaired) electrons. The molecule has 27 heavy (non-hydrogen) atoms. The first-order chi connectivity index (χ1) is 12.8. The molecule has 1 N–H and O–H groups in total. The lowest BCUT2D eigenvalue weighted by Gasteiger charge is -2.12. The summed E-state index contributed by atoms with van der Waals surface area (Å²) in [6.45, 7) is 7.08. The van der Waals surface area contributed by atoms with Crippen molar-refractivity contribution < 1.29 is 14.7 Å². The van der Waals surface area contributed by atoms with E-state index < -0.39 is 0 Å². The van der Waals surface area contributed by atoms with E-state index in [1.54, 1.807) is 7.05 Å². The second-order valence-corrected chi connectivity index (χ2v) is 8.85. The lowest BCUT2D eigenvalue weighted by molar-refractivity contribution is -0.123. The molecule has 0 spiro atoms. The van der Waals surface area contributed by atoms with Crippen molar-refractivity contribution in [2.45, 2.75) is 97.8 Å². The van der Waals surface area contributed by atoms with Gasteiger partial charge in [-0.1, -0.05) is 85.0 Å². The Bertz CT molecular complexity index is 496. The number of likely N-dealkylation sites (N-methyl/N-ethyl adjacent to an activating group) is 1. The normalized spacial score (nSPS) is 17.9. The molecule has 1 heterocycles. The Labute approximate surface area is 166 Å². The maximum absolute atomic E-state index is 11.8. The highest BCUT2D eigenvalue weighted by molar-refractivity contribution is 6.25. The molecular weight excluding hydrogens is 338 g/mol. The summed E-state index contributed by atoms with van der Waals surface area (Å²) in [6.07, 6.45) is 14.1. The van der Waals surface area contributed by atoms with Gasteiger partial charge in [0.15, 0.2) is 5.78 Å². The van der Waals surface area contributed by atoms with Crippen LogP contribution in [0.25, 0.3) is 0 Å². The van der Waals surface area contributed by atoms with Gasteiger partial charge in [-0.2, -0.15) is 0 Å². The van der Waals surface area contributed by atoms with Gasteiger partial charge in [0.2, 0.25) is 0 Å². The molecule has 1 aliphatic rings. The van der Waals surface area contributed by atoms with Crippen LogP contribution in [-0.2, 0) is 9.59 Å². The Morgan fingerprint density at radius 1 is 0.889 bits per heavy atom. The number of carbonyl (C=O) groups is 2. The molecule has 1 amide bonds. The second-order valence-electron chi connectivity index (χ2n) is 8.85. The molecule has 0 aromatic rings. The predicted molar refractivity (Wildman–Crippen MR) is 112 cm³/mol. The van der Waals surface area contributed by atoms with E-state index in [0.29, 0.717) is 6.42 Å². The van der Waals surface area contributed by atoms with Gasteiger partial charge < -0.3 is 10.0 Å². The molecule has 1 saturated heterocycles. The Morgan fingerprint density at radius 2 is 1.44 bits per heavy atom. The van der Waals surface area contributed by atoms with E-state index in [0.717, 1.165) is 31.1 Å². The van der Waals surface area contributed by atoms with Crippen LogP contribution in [0, 0.1) is 11.8 Å². The van der Waals surface area contributed by atoms with E-state index in [1.807, 2.05) is 0 Å². The predicted octanol–water partition coefficient (Wildman–Crippen LogP) is 5.81. The van der Waals surface area contributed by atoms with Gasteiger partial charge in [0.1, 0.15) is 11.3 Å². The highest BCUT2D eigenvalue weighted by Gasteiger charge is 2.33. The standard InChI is InChI=1S/C23H41NO3/c1-18(2)15-16-19(3)13-11-9-7-5-6-8-10-12-14-20(25)22-21(26)17-24(4)23(22)27/h18-19,25H,5-17H2,1-4H3. The quantitative estimate of drug-likeness (QED) is 0.179. The van der Waals surface area contributed by atoms with E-state index >= 15 is 0 Å². The lowest BCUT2D eigenvalue weighted by atomic mass is 9.94. The number of carbonyl (C=O) groups excluding carboxylic acids is 2. The molecule has 156 valence electrons. The van der Waals surface area contributed by atoms with E-state index in [2.05, 4.69) is 20.8 Å². The average Bonchev–Trinajstić information content (AvgIpc) is 2.86. The number of rotatable bonds is 14. The minimum atomic E-state index is -0.337. The van der Waals surface area contributed by atoms with Crippen LogP contribution >= 0.6 is 0 Å². The van der Waals surface area contributed by atoms with Crippen molar-refractivity contribution in [1.29, 1.82) is 0 Å². The smallest absolute Gasteiger partial charge is 0.261 e. The maximum atomic E-state index is 11.8. The van der Waals surface area contributed by atoms with Gasteiger partial charge >= 0.3 is 0 Å². The zero-order valence-electron chi connectivity index (χ0n) is 18.1. The highest BCUT2D eigenvalue weighted by Crippen LogP contribution is 2.21. The van der Waals surface area contributed by atoms with Crippen molar-refractivity contribution in [2.24, 2.45) is 11.8 Å². The minimum Gasteiger partial charge on any atom is -0.511 e. The third-order valence-corrected chi connectivity index (χ3v) is 5.61. The van der Waals surface area contributed by atoms with Gasteiger partial charge in [-0.25, -0.2) is 0 Å². The number of unbranched alkanes of at least 4 members (excludes halogenated alkanes) is 7. The lowest BCUT2D eigenvalue weighted by Crippen LogP contribution is -2.19. The molecule has 0 saturated carbocycles. The summed E-state index contributed by atoms with van der Waals surface area (Å²) < 4.78 is 0. The fourth-order valence-electron chi connectivity index (χ4n) is 3.69. The van der Waals surface area contributed by atoms with Crippen LogP contribution in [0.1, 0.15) is 97.8 Å². The minimum absolute atomic E-state index is 0.0130. The summed E-state index contributed by atoms with van der Waals surface area (Å²) in [5.41, 5.74) is 0.0140. The Morgan fingerprint density at radius 3 is 1.96 bits per heavy atom. The molecule has 0 bridgehead atoms. The van der Waals surface area contributed by atoms with Crippen molar-refractivity contribution >= 4 is 11.7 Å². The van der Waals surface area contributed by atoms with E-state index in [-0.39, 0.29) is 29.6 Å². The molecule has 1 rings (SSSR count). The molecule has 4 nitrogen and oxygen atoms in total. The second kappa shape index (κ2) is 13.0. The zero-order chi connectivity index (χ0) is 20.2. The fraction of sp³-hybridized carbons (Fsp3) is 0.826. The van der Waals surface area contributed by atoms with Gasteiger partial charge in [0.25, 0.3) is 5.91 Å².